The Bertz CT molecular complexity index is 380. The van der Waals surface area contributed by atoms with E-state index < -0.39 is 0 Å². The first-order chi connectivity index (χ1) is 8.54. The number of piperidine rings is 1. The third kappa shape index (κ3) is 3.49. The summed E-state index contributed by atoms with van der Waals surface area (Å²) in [6.45, 7) is 8.99. The zero-order valence-corrected chi connectivity index (χ0v) is 12.2. The molecule has 2 nitrogen and oxygen atoms in total. The number of anilines is 1. The van der Waals surface area contributed by atoms with E-state index in [1.54, 1.807) is 0 Å². The van der Waals surface area contributed by atoms with Gasteiger partial charge in [-0.05, 0) is 62.4 Å². The fraction of sp³-hybridized carbons (Fsp3) is 0.625. The maximum atomic E-state index is 3.64. The van der Waals surface area contributed by atoms with Crippen molar-refractivity contribution in [3.8, 4) is 0 Å². The summed E-state index contributed by atoms with van der Waals surface area (Å²) in [6.07, 6.45) is 2.62. The van der Waals surface area contributed by atoms with Gasteiger partial charge in [0.05, 0.1) is 0 Å². The first-order valence-corrected chi connectivity index (χ1v) is 7.07. The van der Waals surface area contributed by atoms with E-state index >= 15 is 0 Å². The number of benzene rings is 1. The Morgan fingerprint density at radius 1 is 1.22 bits per heavy atom. The van der Waals surface area contributed by atoms with Gasteiger partial charge in [-0.2, -0.15) is 0 Å². The Morgan fingerprint density at radius 2 is 1.89 bits per heavy atom. The van der Waals surface area contributed by atoms with Crippen LogP contribution in [0.4, 0.5) is 5.69 Å². The highest BCUT2D eigenvalue weighted by atomic mass is 15.1. The van der Waals surface area contributed by atoms with Crippen LogP contribution in [0.25, 0.3) is 0 Å². The van der Waals surface area contributed by atoms with Crippen molar-refractivity contribution in [2.24, 2.45) is 5.92 Å². The monoisotopic (exact) mass is 246 g/mol. The topological polar surface area (TPSA) is 15.3 Å². The summed E-state index contributed by atoms with van der Waals surface area (Å²) in [5.74, 6) is 0.865. The van der Waals surface area contributed by atoms with Crippen LogP contribution in [0.15, 0.2) is 18.2 Å². The van der Waals surface area contributed by atoms with Crippen molar-refractivity contribution in [3.05, 3.63) is 29.3 Å². The molecule has 100 valence electrons. The largest absolute Gasteiger partial charge is 0.373 e. The molecule has 0 spiro atoms. The van der Waals surface area contributed by atoms with E-state index in [1.165, 1.54) is 36.2 Å². The van der Waals surface area contributed by atoms with E-state index in [0.717, 1.165) is 12.5 Å². The van der Waals surface area contributed by atoms with Crippen molar-refractivity contribution in [3.63, 3.8) is 0 Å². The molecule has 2 heteroatoms. The first-order valence-electron chi connectivity index (χ1n) is 7.07. The molecule has 1 N–H and O–H groups in total. The van der Waals surface area contributed by atoms with Gasteiger partial charge < -0.3 is 10.2 Å². The molecule has 0 amide bonds. The minimum Gasteiger partial charge on any atom is -0.373 e. The summed E-state index contributed by atoms with van der Waals surface area (Å²) in [7, 11) is 2.20. The minimum atomic E-state index is 0.638. The normalized spacial score (nSPS) is 24.0. The summed E-state index contributed by atoms with van der Waals surface area (Å²) in [6, 6.07) is 7.43. The highest BCUT2D eigenvalue weighted by Crippen LogP contribution is 2.20. The molecule has 0 bridgehead atoms. The van der Waals surface area contributed by atoms with Crippen LogP contribution in [-0.4, -0.2) is 26.2 Å². The van der Waals surface area contributed by atoms with Crippen molar-refractivity contribution < 1.29 is 0 Å². The molecular weight excluding hydrogens is 220 g/mol. The maximum Gasteiger partial charge on any atom is 0.0369 e. The SMILES string of the molecule is Cc1cc(C)cc(N(C)CC2CC(C)CCN2)c1. The van der Waals surface area contributed by atoms with Crippen LogP contribution in [-0.2, 0) is 0 Å². The van der Waals surface area contributed by atoms with Crippen LogP contribution in [0.1, 0.15) is 30.9 Å². The molecule has 2 atom stereocenters. The summed E-state index contributed by atoms with van der Waals surface area (Å²) < 4.78 is 0. The van der Waals surface area contributed by atoms with Gasteiger partial charge >= 0.3 is 0 Å². The van der Waals surface area contributed by atoms with Crippen molar-refractivity contribution >= 4 is 5.69 Å². The van der Waals surface area contributed by atoms with E-state index in [2.05, 4.69) is 56.2 Å². The molecule has 18 heavy (non-hydrogen) atoms. The predicted octanol–water partition coefficient (Wildman–Crippen LogP) is 3.13. The smallest absolute Gasteiger partial charge is 0.0369 e. The maximum absolute atomic E-state index is 3.64. The third-order valence-electron chi connectivity index (χ3n) is 3.90. The lowest BCUT2D eigenvalue weighted by atomic mass is 9.94. The lowest BCUT2D eigenvalue weighted by molar-refractivity contribution is 0.322. The fourth-order valence-corrected chi connectivity index (χ4v) is 2.97. The van der Waals surface area contributed by atoms with Crippen LogP contribution < -0.4 is 10.2 Å². The van der Waals surface area contributed by atoms with Crippen LogP contribution in [0, 0.1) is 19.8 Å². The molecular formula is C16H26N2. The highest BCUT2D eigenvalue weighted by Gasteiger charge is 2.19. The number of rotatable bonds is 3. The van der Waals surface area contributed by atoms with Gasteiger partial charge in [-0.3, -0.25) is 0 Å². The Labute approximate surface area is 111 Å². The number of hydrogen-bond donors (Lipinski definition) is 1. The Hall–Kier alpha value is -1.02. The summed E-state index contributed by atoms with van der Waals surface area (Å²) in [4.78, 5) is 2.38. The molecule has 0 saturated carbocycles. The van der Waals surface area contributed by atoms with Crippen LogP contribution >= 0.6 is 0 Å². The van der Waals surface area contributed by atoms with E-state index in [4.69, 9.17) is 0 Å². The Balaban J connectivity index is 2.00. The number of aryl methyl sites for hydroxylation is 2. The molecule has 1 heterocycles. The molecule has 0 radical (unpaired) electrons. The molecule has 1 fully saturated rings. The summed E-state index contributed by atoms with van der Waals surface area (Å²) in [5.41, 5.74) is 4.04. The number of nitrogens with one attached hydrogen (secondary N) is 1. The van der Waals surface area contributed by atoms with Gasteiger partial charge in [-0.25, -0.2) is 0 Å². The van der Waals surface area contributed by atoms with Gasteiger partial charge in [0, 0.05) is 25.3 Å². The second-order valence-electron chi connectivity index (χ2n) is 6.01. The van der Waals surface area contributed by atoms with Gasteiger partial charge in [0.1, 0.15) is 0 Å². The van der Waals surface area contributed by atoms with Gasteiger partial charge in [0.2, 0.25) is 0 Å². The molecule has 1 aromatic carbocycles. The van der Waals surface area contributed by atoms with Crippen molar-refractivity contribution in [2.45, 2.75) is 39.7 Å². The minimum absolute atomic E-state index is 0.638. The zero-order chi connectivity index (χ0) is 13.1. The second kappa shape index (κ2) is 5.75. The molecule has 1 aromatic rings. The molecule has 1 aliphatic rings. The fourth-order valence-electron chi connectivity index (χ4n) is 2.97. The first kappa shape index (κ1) is 13.4. The van der Waals surface area contributed by atoms with Crippen LogP contribution in [0.2, 0.25) is 0 Å². The summed E-state index contributed by atoms with van der Waals surface area (Å²) in [5, 5.41) is 3.64. The standard InChI is InChI=1S/C16H26N2/c1-12-5-6-17-15(8-12)11-18(4)16-9-13(2)7-14(3)10-16/h7,9-10,12,15,17H,5-6,8,11H2,1-4H3. The number of likely N-dealkylation sites (N-methyl/N-ethyl adjacent to an activating group) is 1. The highest BCUT2D eigenvalue weighted by molar-refractivity contribution is 5.50. The Kier molecular flexibility index (Phi) is 4.28. The lowest BCUT2D eigenvalue weighted by Gasteiger charge is -2.32. The Morgan fingerprint density at radius 3 is 2.50 bits per heavy atom. The summed E-state index contributed by atoms with van der Waals surface area (Å²) >= 11 is 0. The number of nitrogens with zero attached hydrogens (tertiary/aromatic N) is 1. The predicted molar refractivity (Wildman–Crippen MR) is 79.4 cm³/mol. The molecule has 0 aromatic heterocycles. The van der Waals surface area contributed by atoms with E-state index in [9.17, 15) is 0 Å². The molecule has 1 aliphatic heterocycles. The molecule has 2 rings (SSSR count). The van der Waals surface area contributed by atoms with Crippen LogP contribution in [0.3, 0.4) is 0 Å². The van der Waals surface area contributed by atoms with Crippen molar-refractivity contribution in [2.75, 3.05) is 25.0 Å². The van der Waals surface area contributed by atoms with E-state index in [1.807, 2.05) is 0 Å². The van der Waals surface area contributed by atoms with Gasteiger partial charge in [0.15, 0.2) is 0 Å². The van der Waals surface area contributed by atoms with Gasteiger partial charge in [-0.15, -0.1) is 0 Å². The van der Waals surface area contributed by atoms with Gasteiger partial charge in [0.25, 0.3) is 0 Å². The zero-order valence-electron chi connectivity index (χ0n) is 12.2. The molecule has 2 unspecified atom stereocenters. The second-order valence-corrected chi connectivity index (χ2v) is 6.01. The van der Waals surface area contributed by atoms with Crippen molar-refractivity contribution in [1.29, 1.82) is 0 Å². The third-order valence-corrected chi connectivity index (χ3v) is 3.90. The van der Waals surface area contributed by atoms with E-state index in [0.29, 0.717) is 6.04 Å². The van der Waals surface area contributed by atoms with Crippen LogP contribution in [0.5, 0.6) is 0 Å². The van der Waals surface area contributed by atoms with Gasteiger partial charge in [-0.1, -0.05) is 13.0 Å². The average Bonchev–Trinajstić information content (AvgIpc) is 2.27. The average molecular weight is 246 g/mol. The lowest BCUT2D eigenvalue weighted by Crippen LogP contribution is -2.44. The van der Waals surface area contributed by atoms with E-state index in [-0.39, 0.29) is 0 Å². The number of hydrogen-bond acceptors (Lipinski definition) is 2. The quantitative estimate of drug-likeness (QED) is 0.881. The van der Waals surface area contributed by atoms with Crippen molar-refractivity contribution in [1.82, 2.24) is 5.32 Å². The molecule has 0 aliphatic carbocycles. The molecule has 1 saturated heterocycles.